The topological polar surface area (TPSA) is 43.8 Å². The van der Waals surface area contributed by atoms with Crippen LogP contribution >= 0.6 is 12.4 Å². The van der Waals surface area contributed by atoms with Crippen molar-refractivity contribution in [1.29, 1.82) is 0 Å². The van der Waals surface area contributed by atoms with Gasteiger partial charge in [-0.25, -0.2) is 0 Å². The van der Waals surface area contributed by atoms with Crippen molar-refractivity contribution in [2.75, 3.05) is 26.2 Å². The van der Waals surface area contributed by atoms with Gasteiger partial charge in [-0.2, -0.15) is 0 Å². The van der Waals surface area contributed by atoms with E-state index in [9.17, 15) is 9.90 Å². The molecule has 0 unspecified atom stereocenters. The maximum absolute atomic E-state index is 11.6. The van der Waals surface area contributed by atoms with E-state index in [1.807, 2.05) is 18.2 Å². The van der Waals surface area contributed by atoms with Crippen LogP contribution in [-0.2, 0) is 11.3 Å². The normalized spacial score (nSPS) is 17.7. The Morgan fingerprint density at radius 2 is 1.79 bits per heavy atom. The van der Waals surface area contributed by atoms with Crippen LogP contribution in [0.4, 0.5) is 0 Å². The van der Waals surface area contributed by atoms with Crippen LogP contribution in [0.5, 0.6) is 0 Å². The molecule has 1 N–H and O–H groups in total. The van der Waals surface area contributed by atoms with Gasteiger partial charge in [-0.15, -0.1) is 12.4 Å². The Morgan fingerprint density at radius 1 is 1.21 bits per heavy atom. The third kappa shape index (κ3) is 4.49. The lowest BCUT2D eigenvalue weighted by atomic mass is 10.2. The van der Waals surface area contributed by atoms with Crippen molar-refractivity contribution >= 4 is 18.3 Å². The lowest BCUT2D eigenvalue weighted by Crippen LogP contribution is -2.50. The number of aliphatic hydroxyl groups is 1. The summed E-state index contributed by atoms with van der Waals surface area (Å²) in [6.45, 7) is 5.60. The number of carbonyl (C=O) groups is 1. The highest BCUT2D eigenvalue weighted by molar-refractivity contribution is 5.85. The Bertz CT molecular complexity index is 390. The lowest BCUT2D eigenvalue weighted by molar-refractivity contribution is -0.141. The minimum absolute atomic E-state index is 0. The second-order valence-electron chi connectivity index (χ2n) is 4.76. The monoisotopic (exact) mass is 284 g/mol. The van der Waals surface area contributed by atoms with Crippen LogP contribution in [0.2, 0.25) is 0 Å². The predicted molar refractivity (Wildman–Crippen MR) is 77.2 cm³/mol. The molecule has 1 saturated heterocycles. The molecule has 1 atom stereocenters. The molecular weight excluding hydrogens is 264 g/mol. The molecule has 0 aromatic heterocycles. The van der Waals surface area contributed by atoms with Crippen molar-refractivity contribution in [2.24, 2.45) is 0 Å². The van der Waals surface area contributed by atoms with Gasteiger partial charge >= 0.3 is 0 Å². The number of piperazine rings is 1. The van der Waals surface area contributed by atoms with Crippen LogP contribution in [0.25, 0.3) is 0 Å². The summed E-state index contributed by atoms with van der Waals surface area (Å²) < 4.78 is 0. The summed E-state index contributed by atoms with van der Waals surface area (Å²) in [5.74, 6) is -0.158. The summed E-state index contributed by atoms with van der Waals surface area (Å²) in [7, 11) is 0. The molecule has 1 fully saturated rings. The fraction of sp³-hybridized carbons (Fsp3) is 0.500. The van der Waals surface area contributed by atoms with Gasteiger partial charge in [0.05, 0.1) is 0 Å². The number of hydrogen-bond donors (Lipinski definition) is 1. The van der Waals surface area contributed by atoms with Gasteiger partial charge in [0.1, 0.15) is 6.10 Å². The first-order valence-electron chi connectivity index (χ1n) is 6.40. The van der Waals surface area contributed by atoms with Crippen molar-refractivity contribution in [3.05, 3.63) is 35.9 Å². The molecule has 106 valence electrons. The molecule has 1 heterocycles. The average molecular weight is 285 g/mol. The molecule has 2 rings (SSSR count). The van der Waals surface area contributed by atoms with Gasteiger partial charge in [0.15, 0.2) is 0 Å². The number of amides is 1. The molecular formula is C14H21ClN2O2. The molecule has 0 radical (unpaired) electrons. The molecule has 0 aliphatic carbocycles. The molecule has 1 aromatic rings. The molecule has 5 heteroatoms. The summed E-state index contributed by atoms with van der Waals surface area (Å²) in [4.78, 5) is 15.7. The largest absolute Gasteiger partial charge is 0.384 e. The van der Waals surface area contributed by atoms with Gasteiger partial charge in [-0.05, 0) is 12.5 Å². The second-order valence-corrected chi connectivity index (χ2v) is 4.76. The molecule has 4 nitrogen and oxygen atoms in total. The molecule has 1 amide bonds. The van der Waals surface area contributed by atoms with Crippen LogP contribution in [0.1, 0.15) is 12.5 Å². The quantitative estimate of drug-likeness (QED) is 0.905. The SMILES string of the molecule is C[C@H](O)C(=O)N1CCN(Cc2ccccc2)CC1.Cl. The molecule has 0 saturated carbocycles. The predicted octanol–water partition coefficient (Wildman–Crippen LogP) is 1.13. The van der Waals surface area contributed by atoms with Crippen molar-refractivity contribution in [1.82, 2.24) is 9.80 Å². The van der Waals surface area contributed by atoms with Crippen LogP contribution in [0, 0.1) is 0 Å². The van der Waals surface area contributed by atoms with Crippen molar-refractivity contribution < 1.29 is 9.90 Å². The lowest BCUT2D eigenvalue weighted by Gasteiger charge is -2.35. The van der Waals surface area contributed by atoms with Crippen molar-refractivity contribution in [3.8, 4) is 0 Å². The van der Waals surface area contributed by atoms with E-state index in [1.54, 1.807) is 4.90 Å². The molecule has 1 aliphatic heterocycles. The van der Waals surface area contributed by atoms with Crippen LogP contribution in [0.15, 0.2) is 30.3 Å². The molecule has 1 aliphatic rings. The standard InChI is InChI=1S/C14H20N2O2.ClH/c1-12(17)14(18)16-9-7-15(8-10-16)11-13-5-3-2-4-6-13;/h2-6,12,17H,7-11H2,1H3;1H/t12-;/m0./s1. The highest BCUT2D eigenvalue weighted by Crippen LogP contribution is 2.09. The zero-order chi connectivity index (χ0) is 13.0. The third-order valence-electron chi connectivity index (χ3n) is 3.29. The first-order valence-corrected chi connectivity index (χ1v) is 6.40. The highest BCUT2D eigenvalue weighted by Gasteiger charge is 2.23. The van der Waals surface area contributed by atoms with E-state index in [-0.39, 0.29) is 18.3 Å². The third-order valence-corrected chi connectivity index (χ3v) is 3.29. The number of benzene rings is 1. The van der Waals surface area contributed by atoms with Gasteiger partial charge in [0.2, 0.25) is 0 Å². The number of nitrogens with zero attached hydrogens (tertiary/aromatic N) is 2. The number of hydrogen-bond acceptors (Lipinski definition) is 3. The first kappa shape index (κ1) is 16.0. The van der Waals surface area contributed by atoms with Crippen molar-refractivity contribution in [2.45, 2.75) is 19.6 Å². The van der Waals surface area contributed by atoms with E-state index in [0.29, 0.717) is 13.1 Å². The Kier molecular flexibility index (Phi) is 6.28. The Labute approximate surface area is 120 Å². The molecule has 0 spiro atoms. The maximum Gasteiger partial charge on any atom is 0.251 e. The number of rotatable bonds is 3. The Balaban J connectivity index is 0.00000180. The van der Waals surface area contributed by atoms with E-state index < -0.39 is 6.10 Å². The number of aliphatic hydroxyl groups excluding tert-OH is 1. The van der Waals surface area contributed by atoms with E-state index in [4.69, 9.17) is 0 Å². The molecule has 1 aromatic carbocycles. The van der Waals surface area contributed by atoms with Crippen LogP contribution in [-0.4, -0.2) is 53.1 Å². The van der Waals surface area contributed by atoms with E-state index in [2.05, 4.69) is 17.0 Å². The first-order chi connectivity index (χ1) is 8.66. The van der Waals surface area contributed by atoms with Crippen LogP contribution < -0.4 is 0 Å². The summed E-state index contributed by atoms with van der Waals surface area (Å²) >= 11 is 0. The van der Waals surface area contributed by atoms with Gasteiger partial charge in [-0.3, -0.25) is 9.69 Å². The summed E-state index contributed by atoms with van der Waals surface area (Å²) in [5, 5.41) is 9.27. The number of carbonyl (C=O) groups excluding carboxylic acids is 1. The zero-order valence-corrected chi connectivity index (χ0v) is 12.0. The van der Waals surface area contributed by atoms with E-state index in [1.165, 1.54) is 12.5 Å². The summed E-state index contributed by atoms with van der Waals surface area (Å²) in [6, 6.07) is 10.3. The van der Waals surface area contributed by atoms with Gasteiger partial charge in [0, 0.05) is 32.7 Å². The minimum atomic E-state index is -0.884. The summed E-state index contributed by atoms with van der Waals surface area (Å²) in [5.41, 5.74) is 1.30. The summed E-state index contributed by atoms with van der Waals surface area (Å²) in [6.07, 6.45) is -0.884. The van der Waals surface area contributed by atoms with Gasteiger partial charge in [-0.1, -0.05) is 30.3 Å². The Morgan fingerprint density at radius 3 is 2.32 bits per heavy atom. The fourth-order valence-electron chi connectivity index (χ4n) is 2.23. The fourth-order valence-corrected chi connectivity index (χ4v) is 2.23. The Hall–Kier alpha value is -1.10. The van der Waals surface area contributed by atoms with Gasteiger partial charge in [0.25, 0.3) is 5.91 Å². The molecule has 19 heavy (non-hydrogen) atoms. The van der Waals surface area contributed by atoms with Crippen LogP contribution in [0.3, 0.4) is 0 Å². The minimum Gasteiger partial charge on any atom is -0.384 e. The van der Waals surface area contributed by atoms with Crippen molar-refractivity contribution in [3.63, 3.8) is 0 Å². The average Bonchev–Trinajstić information content (AvgIpc) is 2.40. The van der Waals surface area contributed by atoms with E-state index >= 15 is 0 Å². The van der Waals surface area contributed by atoms with E-state index in [0.717, 1.165) is 19.6 Å². The highest BCUT2D eigenvalue weighted by atomic mass is 35.5. The smallest absolute Gasteiger partial charge is 0.251 e. The van der Waals surface area contributed by atoms with Gasteiger partial charge < -0.3 is 10.0 Å². The number of halogens is 1. The molecule has 0 bridgehead atoms. The second kappa shape index (κ2) is 7.48. The maximum atomic E-state index is 11.6. The zero-order valence-electron chi connectivity index (χ0n) is 11.2.